The van der Waals surface area contributed by atoms with Crippen molar-refractivity contribution >= 4 is 11.9 Å². The topological polar surface area (TPSA) is 76.1 Å². The number of nitrogens with zero attached hydrogens (tertiary/aromatic N) is 2. The molecule has 0 amide bonds. The number of quaternary nitrogens is 1. The molecule has 0 aromatic rings. The van der Waals surface area contributed by atoms with Gasteiger partial charge in [-0.3, -0.25) is 14.5 Å². The lowest BCUT2D eigenvalue weighted by molar-refractivity contribution is -0.937. The number of esters is 2. The van der Waals surface area contributed by atoms with Crippen molar-refractivity contribution in [1.29, 1.82) is 0 Å². The summed E-state index contributed by atoms with van der Waals surface area (Å²) in [4.78, 5) is 27.3. The molecular weight excluding hydrogens is 608 g/mol. The molecule has 0 aromatic carbocycles. The fourth-order valence-electron chi connectivity index (χ4n) is 11.9. The number of likely N-dealkylation sites (tertiary alicyclic amines) is 2. The Hall–Kier alpha value is -0.960. The van der Waals surface area contributed by atoms with Gasteiger partial charge in [0.2, 0.25) is 0 Å². The Morgan fingerprint density at radius 3 is 2.26 bits per heavy atom. The predicted molar refractivity (Wildman–Crippen MR) is 162 cm³/mol. The molecule has 4 aliphatic carbocycles. The van der Waals surface area contributed by atoms with Crippen LogP contribution in [0.4, 0.5) is 0 Å². The van der Waals surface area contributed by atoms with Crippen molar-refractivity contribution in [3.05, 3.63) is 12.7 Å². The minimum absolute atomic E-state index is 0. The van der Waals surface area contributed by atoms with Gasteiger partial charge in [0.15, 0.2) is 6.10 Å². The largest absolute Gasteiger partial charge is 1.00 e. The molecule has 244 valence electrons. The van der Waals surface area contributed by atoms with Gasteiger partial charge >= 0.3 is 11.9 Å². The SMILES string of the molecule is C=CC[N+]1(C2C[C@H]3[C@@H]4CCC5CC(OC(C)=O)C(N6CCC(O)CC6)C[C@]5(C)[C@@H]4CC[C@]3(C)C2OC(C)=O)CCCC1.[Br-]. The van der Waals surface area contributed by atoms with E-state index in [2.05, 4.69) is 31.4 Å². The molecule has 0 bridgehead atoms. The van der Waals surface area contributed by atoms with Gasteiger partial charge in [0.05, 0.1) is 25.7 Å². The third-order valence-corrected chi connectivity index (χ3v) is 13.8. The summed E-state index contributed by atoms with van der Waals surface area (Å²) in [5.74, 6) is 2.14. The summed E-state index contributed by atoms with van der Waals surface area (Å²) in [6, 6.07) is 0.590. The summed E-state index contributed by atoms with van der Waals surface area (Å²) in [7, 11) is 0. The van der Waals surface area contributed by atoms with Crippen LogP contribution in [0.3, 0.4) is 0 Å². The molecule has 0 radical (unpaired) electrons. The number of aliphatic hydroxyl groups excluding tert-OH is 1. The highest BCUT2D eigenvalue weighted by Crippen LogP contribution is 2.68. The van der Waals surface area contributed by atoms with Crippen molar-refractivity contribution in [1.82, 2.24) is 4.90 Å². The predicted octanol–water partition coefficient (Wildman–Crippen LogP) is 2.11. The standard InChI is InChI=1S/C35H57N2O5.BrH/c1-6-17-37(18-7-8-19-37)31-21-29-27-10-9-25-20-32(41-23(2)38)30(36-15-12-26(40)13-16-36)22-35(25,5)28(27)11-14-34(29,4)33(31)42-24(3)39;/h6,25-33,40H,1,7-22H2,2-5H3;1H/q+1;/p-1/t25?,27-,28-,29+,30?,31?,32?,33?,34+,35+;/m1./s1. The molecule has 1 N–H and O–H groups in total. The number of piperidine rings is 1. The van der Waals surface area contributed by atoms with Gasteiger partial charge in [-0.05, 0) is 86.5 Å². The molecule has 2 saturated heterocycles. The van der Waals surface area contributed by atoms with Gasteiger partial charge in [-0.25, -0.2) is 0 Å². The molecule has 2 heterocycles. The molecule has 7 nitrogen and oxygen atoms in total. The molecule has 4 saturated carbocycles. The van der Waals surface area contributed by atoms with E-state index in [0.717, 1.165) is 62.6 Å². The van der Waals surface area contributed by atoms with E-state index in [-0.39, 0.29) is 64.1 Å². The summed E-state index contributed by atoms with van der Waals surface area (Å²) < 4.78 is 13.5. The Bertz CT molecular complexity index is 1040. The van der Waals surface area contributed by atoms with E-state index in [4.69, 9.17) is 9.47 Å². The Balaban J connectivity index is 0.00000368. The minimum Gasteiger partial charge on any atom is -1.00 e. The van der Waals surface area contributed by atoms with Gasteiger partial charge in [-0.1, -0.05) is 20.4 Å². The third-order valence-electron chi connectivity index (χ3n) is 13.8. The average molecular weight is 666 g/mol. The van der Waals surface area contributed by atoms with Crippen LogP contribution in [0.25, 0.3) is 0 Å². The lowest BCUT2D eigenvalue weighted by Gasteiger charge is -2.62. The van der Waals surface area contributed by atoms with Crippen molar-refractivity contribution in [2.75, 3.05) is 32.7 Å². The molecule has 5 unspecified atom stereocenters. The van der Waals surface area contributed by atoms with E-state index >= 15 is 0 Å². The molecule has 6 aliphatic rings. The first-order valence-electron chi connectivity index (χ1n) is 17.2. The first-order valence-corrected chi connectivity index (χ1v) is 17.2. The number of hydrogen-bond acceptors (Lipinski definition) is 6. The maximum atomic E-state index is 12.6. The lowest BCUT2D eigenvalue weighted by Crippen LogP contribution is -3.00. The van der Waals surface area contributed by atoms with Crippen LogP contribution in [0.1, 0.15) is 98.3 Å². The van der Waals surface area contributed by atoms with Crippen molar-refractivity contribution < 1.29 is 45.6 Å². The normalized spacial score (nSPS) is 44.3. The van der Waals surface area contributed by atoms with Crippen molar-refractivity contribution in [2.24, 2.45) is 34.5 Å². The van der Waals surface area contributed by atoms with Crippen LogP contribution in [-0.4, -0.2) is 89.5 Å². The fraction of sp³-hybridized carbons (Fsp3) is 0.886. The Labute approximate surface area is 270 Å². The van der Waals surface area contributed by atoms with Gasteiger partial charge in [0.1, 0.15) is 12.1 Å². The van der Waals surface area contributed by atoms with Crippen molar-refractivity contribution in [3.8, 4) is 0 Å². The summed E-state index contributed by atoms with van der Waals surface area (Å²) in [6.07, 6.45) is 13.9. The second-order valence-corrected chi connectivity index (χ2v) is 15.8. The van der Waals surface area contributed by atoms with Crippen LogP contribution in [0.2, 0.25) is 0 Å². The van der Waals surface area contributed by atoms with Crippen molar-refractivity contribution in [2.45, 2.75) is 129 Å². The van der Waals surface area contributed by atoms with E-state index < -0.39 is 0 Å². The van der Waals surface area contributed by atoms with E-state index in [1.54, 1.807) is 13.8 Å². The van der Waals surface area contributed by atoms with Crippen molar-refractivity contribution in [3.63, 3.8) is 0 Å². The second kappa shape index (κ2) is 12.7. The molecule has 6 rings (SSSR count). The number of carbonyl (C=O) groups is 2. The summed E-state index contributed by atoms with van der Waals surface area (Å²) in [5.41, 5.74) is 0.227. The van der Waals surface area contributed by atoms with Crippen LogP contribution in [-0.2, 0) is 19.1 Å². The minimum atomic E-state index is -0.210. The van der Waals surface area contributed by atoms with E-state index in [9.17, 15) is 14.7 Å². The van der Waals surface area contributed by atoms with Crippen LogP contribution < -0.4 is 17.0 Å². The monoisotopic (exact) mass is 664 g/mol. The number of hydrogen-bond donors (Lipinski definition) is 1. The first-order chi connectivity index (χ1) is 20.0. The highest BCUT2D eigenvalue weighted by Gasteiger charge is 2.67. The number of fused-ring (bicyclic) bond motifs is 5. The Kier molecular flexibility index (Phi) is 9.85. The molecule has 8 heteroatoms. The first kappa shape index (κ1) is 33.4. The molecule has 0 aromatic heterocycles. The molecular formula is C35H57BrN2O5. The third kappa shape index (κ3) is 5.78. The molecule has 43 heavy (non-hydrogen) atoms. The zero-order chi connectivity index (χ0) is 29.9. The Morgan fingerprint density at radius 1 is 0.953 bits per heavy atom. The smallest absolute Gasteiger partial charge is 0.303 e. The molecule has 6 fully saturated rings. The van der Waals surface area contributed by atoms with Gasteiger partial charge in [0, 0.05) is 57.7 Å². The van der Waals surface area contributed by atoms with E-state index in [0.29, 0.717) is 29.7 Å². The molecule has 0 spiro atoms. The van der Waals surface area contributed by atoms with Crippen LogP contribution in [0.15, 0.2) is 12.7 Å². The van der Waals surface area contributed by atoms with Crippen LogP contribution in [0.5, 0.6) is 0 Å². The second-order valence-electron chi connectivity index (χ2n) is 15.8. The average Bonchev–Trinajstić information content (AvgIpc) is 3.52. The summed E-state index contributed by atoms with van der Waals surface area (Å²) >= 11 is 0. The van der Waals surface area contributed by atoms with Gasteiger partial charge in [-0.15, -0.1) is 0 Å². The zero-order valence-corrected chi connectivity index (χ0v) is 28.7. The number of carbonyl (C=O) groups excluding carboxylic acids is 2. The van der Waals surface area contributed by atoms with E-state index in [1.807, 2.05) is 0 Å². The quantitative estimate of drug-likeness (QED) is 0.266. The highest BCUT2D eigenvalue weighted by atomic mass is 79.9. The molecule has 2 aliphatic heterocycles. The summed E-state index contributed by atoms with van der Waals surface area (Å²) in [6.45, 7) is 17.5. The fourth-order valence-corrected chi connectivity index (χ4v) is 11.9. The number of ether oxygens (including phenoxy) is 2. The number of rotatable bonds is 6. The van der Waals surface area contributed by atoms with Crippen LogP contribution in [0, 0.1) is 34.5 Å². The number of aliphatic hydroxyl groups is 1. The maximum absolute atomic E-state index is 12.6. The van der Waals surface area contributed by atoms with Gasteiger partial charge in [-0.2, -0.15) is 0 Å². The van der Waals surface area contributed by atoms with Gasteiger partial charge in [0.25, 0.3) is 0 Å². The number of halogens is 1. The zero-order valence-electron chi connectivity index (χ0n) is 27.1. The lowest BCUT2D eigenvalue weighted by atomic mass is 9.44. The summed E-state index contributed by atoms with van der Waals surface area (Å²) in [5, 5.41) is 10.2. The van der Waals surface area contributed by atoms with Gasteiger partial charge < -0.3 is 36.0 Å². The highest BCUT2D eigenvalue weighted by molar-refractivity contribution is 5.66. The van der Waals surface area contributed by atoms with Crippen LogP contribution >= 0.6 is 0 Å². The maximum Gasteiger partial charge on any atom is 0.303 e. The Morgan fingerprint density at radius 2 is 1.63 bits per heavy atom. The molecule has 10 atom stereocenters. The van der Waals surface area contributed by atoms with E-state index in [1.165, 1.54) is 45.2 Å².